The lowest BCUT2D eigenvalue weighted by Gasteiger charge is -2.31. The van der Waals surface area contributed by atoms with Gasteiger partial charge in [-0.2, -0.15) is 5.10 Å². The molecule has 0 radical (unpaired) electrons. The normalized spacial score (nSPS) is 15.5. The highest BCUT2D eigenvalue weighted by Gasteiger charge is 2.25. The fraction of sp³-hybridized carbons (Fsp3) is 0.389. The minimum absolute atomic E-state index is 0.234. The smallest absolute Gasteiger partial charge is 0.257 e. The second-order valence-corrected chi connectivity index (χ2v) is 13.8. The molecule has 0 unspecified atom stereocenters. The molecule has 3 aromatic heterocycles. The maximum absolute atomic E-state index is 14.2. The number of fused-ring (bicyclic) bond motifs is 2. The molecule has 232 valence electrons. The number of halogens is 1. The molecule has 1 aliphatic carbocycles. The zero-order valence-corrected chi connectivity index (χ0v) is 27.0. The minimum atomic E-state index is -0.389. The van der Waals surface area contributed by atoms with Gasteiger partial charge in [0, 0.05) is 42.0 Å². The molecule has 1 fully saturated rings. The van der Waals surface area contributed by atoms with Crippen molar-refractivity contribution in [2.75, 3.05) is 16.8 Å². The molecule has 2 aromatic carbocycles. The van der Waals surface area contributed by atoms with E-state index in [1.54, 1.807) is 6.07 Å². The van der Waals surface area contributed by atoms with E-state index in [1.165, 1.54) is 55.2 Å². The molecule has 2 aliphatic rings. The van der Waals surface area contributed by atoms with Gasteiger partial charge in [-0.25, -0.2) is 14.4 Å². The molecule has 0 atom stereocenters. The van der Waals surface area contributed by atoms with Crippen LogP contribution in [0.1, 0.15) is 84.7 Å². The molecular formula is C36H39FN6OS. The van der Waals surface area contributed by atoms with Crippen molar-refractivity contribution in [2.24, 2.45) is 5.92 Å². The summed E-state index contributed by atoms with van der Waals surface area (Å²) in [6, 6.07) is 15.0. The lowest BCUT2D eigenvalue weighted by molar-refractivity contribution is 0.102. The van der Waals surface area contributed by atoms with Crippen LogP contribution in [0.3, 0.4) is 0 Å². The van der Waals surface area contributed by atoms with Crippen LogP contribution in [0.15, 0.2) is 54.7 Å². The Kier molecular flexibility index (Phi) is 8.12. The summed E-state index contributed by atoms with van der Waals surface area (Å²) in [7, 11) is 0. The molecule has 0 spiro atoms. The predicted molar refractivity (Wildman–Crippen MR) is 180 cm³/mol. The van der Waals surface area contributed by atoms with Gasteiger partial charge in [-0.05, 0) is 79.5 Å². The number of aromatic nitrogens is 4. The number of nitrogens with zero attached hydrogens (tertiary/aromatic N) is 5. The Morgan fingerprint density at radius 3 is 2.67 bits per heavy atom. The van der Waals surface area contributed by atoms with E-state index in [-0.39, 0.29) is 23.2 Å². The van der Waals surface area contributed by atoms with Crippen LogP contribution >= 0.6 is 11.3 Å². The third-order valence-corrected chi connectivity index (χ3v) is 10.4. The van der Waals surface area contributed by atoms with E-state index in [9.17, 15) is 9.18 Å². The number of benzene rings is 2. The largest absolute Gasteiger partial charge is 0.352 e. The van der Waals surface area contributed by atoms with Gasteiger partial charge in [0.05, 0.1) is 16.6 Å². The van der Waals surface area contributed by atoms with Crippen LogP contribution in [0, 0.1) is 18.7 Å². The summed E-state index contributed by atoms with van der Waals surface area (Å²) in [6.45, 7) is 8.96. The highest BCUT2D eigenvalue weighted by Crippen LogP contribution is 2.35. The Labute approximate surface area is 267 Å². The zero-order chi connectivity index (χ0) is 31.1. The fourth-order valence-corrected chi connectivity index (χ4v) is 7.81. The average molecular weight is 623 g/mol. The number of amides is 1. The monoisotopic (exact) mass is 622 g/mol. The van der Waals surface area contributed by atoms with E-state index < -0.39 is 0 Å². The Bertz CT molecular complexity index is 1870. The molecule has 0 bridgehead atoms. The molecule has 1 saturated carbocycles. The van der Waals surface area contributed by atoms with Gasteiger partial charge < -0.3 is 4.90 Å². The second-order valence-electron chi connectivity index (χ2n) is 12.8. The summed E-state index contributed by atoms with van der Waals surface area (Å²) in [5.74, 6) is 1.24. The van der Waals surface area contributed by atoms with Crippen LogP contribution in [-0.2, 0) is 19.5 Å². The van der Waals surface area contributed by atoms with Gasteiger partial charge in [0.25, 0.3) is 5.91 Å². The maximum atomic E-state index is 14.2. The Balaban J connectivity index is 1.13. The highest BCUT2D eigenvalue weighted by atomic mass is 32.1. The number of nitrogens with one attached hydrogen (secondary N) is 1. The summed E-state index contributed by atoms with van der Waals surface area (Å²) in [4.78, 5) is 25.3. The SMILES string of the molecule is Cc1c(-c2ccc(N3CCc4cccc(C(=O)Nc5nc6c(F)cccc6s5)c4C3)nc2C(C)C)cnn1CC1CCCCC1. The maximum Gasteiger partial charge on any atom is 0.257 e. The highest BCUT2D eigenvalue weighted by molar-refractivity contribution is 7.22. The van der Waals surface area contributed by atoms with E-state index in [2.05, 4.69) is 58.9 Å². The van der Waals surface area contributed by atoms with Crippen LogP contribution in [0.4, 0.5) is 15.3 Å². The van der Waals surface area contributed by atoms with E-state index in [1.807, 2.05) is 24.4 Å². The number of thiazole rings is 1. The fourth-order valence-electron chi connectivity index (χ4n) is 6.94. The van der Waals surface area contributed by atoms with E-state index in [0.29, 0.717) is 27.9 Å². The summed E-state index contributed by atoms with van der Waals surface area (Å²) in [6.07, 6.45) is 9.45. The van der Waals surface area contributed by atoms with Crippen molar-refractivity contribution in [3.05, 3.63) is 88.6 Å². The molecule has 7 nitrogen and oxygen atoms in total. The second kappa shape index (κ2) is 12.4. The van der Waals surface area contributed by atoms with E-state index in [0.717, 1.165) is 53.3 Å². The minimum Gasteiger partial charge on any atom is -0.352 e. The average Bonchev–Trinajstić information content (AvgIpc) is 3.63. The summed E-state index contributed by atoms with van der Waals surface area (Å²) in [5.41, 5.74) is 7.61. The van der Waals surface area contributed by atoms with Crippen molar-refractivity contribution < 1.29 is 9.18 Å². The topological polar surface area (TPSA) is 75.9 Å². The number of rotatable bonds is 7. The Hall–Kier alpha value is -4.11. The third kappa shape index (κ3) is 5.86. The lowest BCUT2D eigenvalue weighted by Crippen LogP contribution is -2.33. The van der Waals surface area contributed by atoms with Gasteiger partial charge in [-0.3, -0.25) is 14.8 Å². The number of pyridine rings is 1. The van der Waals surface area contributed by atoms with Crippen LogP contribution < -0.4 is 10.2 Å². The number of carbonyl (C=O) groups excluding carboxylic acids is 1. The molecule has 1 amide bonds. The molecule has 7 rings (SSSR count). The van der Waals surface area contributed by atoms with Gasteiger partial charge in [0.15, 0.2) is 5.13 Å². The van der Waals surface area contributed by atoms with Gasteiger partial charge in [0.1, 0.15) is 17.2 Å². The third-order valence-electron chi connectivity index (χ3n) is 9.44. The van der Waals surface area contributed by atoms with Gasteiger partial charge in [0.2, 0.25) is 0 Å². The first-order valence-corrected chi connectivity index (χ1v) is 16.9. The lowest BCUT2D eigenvalue weighted by atomic mass is 9.89. The van der Waals surface area contributed by atoms with Crippen LogP contribution in [0.25, 0.3) is 21.3 Å². The first-order valence-electron chi connectivity index (χ1n) is 16.1. The van der Waals surface area contributed by atoms with Gasteiger partial charge in [-0.15, -0.1) is 0 Å². The summed E-state index contributed by atoms with van der Waals surface area (Å²) < 4.78 is 17.1. The standard InChI is InChI=1S/C36H39FN6OS/c1-22(2)33-26(28-19-38-43(23(28)3)20-24-9-5-4-6-10-24)15-16-32(39-33)42-18-17-25-11-7-12-27(29(25)21-42)35(44)41-36-40-34-30(37)13-8-14-31(34)45-36/h7-8,11-16,19,22,24H,4-6,9-10,17-18,20-21H2,1-3H3,(H,40,41,44). The first-order chi connectivity index (χ1) is 21.9. The van der Waals surface area contributed by atoms with Crippen molar-refractivity contribution >= 4 is 38.4 Å². The number of hydrogen-bond donors (Lipinski definition) is 1. The van der Waals surface area contributed by atoms with Crippen LogP contribution in [0.5, 0.6) is 0 Å². The Morgan fingerprint density at radius 2 is 1.87 bits per heavy atom. The van der Waals surface area contributed by atoms with Crippen molar-refractivity contribution in [3.8, 4) is 11.1 Å². The molecule has 45 heavy (non-hydrogen) atoms. The summed E-state index contributed by atoms with van der Waals surface area (Å²) in [5, 5.41) is 8.13. The molecular weight excluding hydrogens is 584 g/mol. The quantitative estimate of drug-likeness (QED) is 0.197. The van der Waals surface area contributed by atoms with Crippen LogP contribution in [-0.4, -0.2) is 32.2 Å². The number of para-hydroxylation sites is 1. The van der Waals surface area contributed by atoms with Gasteiger partial charge >= 0.3 is 0 Å². The van der Waals surface area contributed by atoms with Crippen LogP contribution in [0.2, 0.25) is 0 Å². The molecule has 4 heterocycles. The number of anilines is 2. The molecule has 1 N–H and O–H groups in total. The van der Waals surface area contributed by atoms with E-state index >= 15 is 0 Å². The molecule has 0 saturated heterocycles. The van der Waals surface area contributed by atoms with Crippen molar-refractivity contribution in [2.45, 2.75) is 78.3 Å². The number of carbonyl (C=O) groups is 1. The Morgan fingerprint density at radius 1 is 1.04 bits per heavy atom. The van der Waals surface area contributed by atoms with Crippen molar-refractivity contribution in [3.63, 3.8) is 0 Å². The molecule has 1 aliphatic heterocycles. The summed E-state index contributed by atoms with van der Waals surface area (Å²) >= 11 is 1.27. The van der Waals surface area contributed by atoms with Crippen molar-refractivity contribution in [1.82, 2.24) is 19.7 Å². The van der Waals surface area contributed by atoms with Crippen molar-refractivity contribution in [1.29, 1.82) is 0 Å². The zero-order valence-electron chi connectivity index (χ0n) is 26.1. The molecule has 5 aromatic rings. The van der Waals surface area contributed by atoms with E-state index in [4.69, 9.17) is 10.1 Å². The molecule has 9 heteroatoms. The predicted octanol–water partition coefficient (Wildman–Crippen LogP) is 8.52. The van der Waals surface area contributed by atoms with Gasteiger partial charge in [-0.1, -0.05) is 62.6 Å². The number of hydrogen-bond acceptors (Lipinski definition) is 6. The first kappa shape index (κ1) is 29.6.